The van der Waals surface area contributed by atoms with Gasteiger partial charge in [-0.3, -0.25) is 4.79 Å². The van der Waals surface area contributed by atoms with Gasteiger partial charge in [0.05, 0.1) is 0 Å². The summed E-state index contributed by atoms with van der Waals surface area (Å²) < 4.78 is 5.31. The molecule has 1 saturated carbocycles. The number of rotatable bonds is 3. The van der Waals surface area contributed by atoms with Gasteiger partial charge in [0, 0.05) is 42.7 Å². The van der Waals surface area contributed by atoms with Crippen molar-refractivity contribution < 1.29 is 9.32 Å². The number of carbonyl (C=O) groups excluding carboxylic acids is 1. The number of piperazine rings is 1. The second-order valence-corrected chi connectivity index (χ2v) is 6.36. The van der Waals surface area contributed by atoms with Gasteiger partial charge < -0.3 is 14.7 Å². The van der Waals surface area contributed by atoms with Crippen LogP contribution in [0.25, 0.3) is 11.4 Å². The lowest BCUT2D eigenvalue weighted by Gasteiger charge is -2.34. The lowest BCUT2D eigenvalue weighted by Crippen LogP contribution is -2.52. The third kappa shape index (κ3) is 3.30. The molecule has 0 unspecified atom stereocenters. The van der Waals surface area contributed by atoms with Crippen LogP contribution < -0.4 is 5.32 Å². The van der Waals surface area contributed by atoms with Crippen molar-refractivity contribution in [1.82, 2.24) is 20.4 Å². The van der Waals surface area contributed by atoms with Gasteiger partial charge in [0.1, 0.15) is 0 Å². The van der Waals surface area contributed by atoms with Crippen LogP contribution in [0, 0.1) is 0 Å². The number of halogens is 1. The molecule has 1 amide bonds. The van der Waals surface area contributed by atoms with Gasteiger partial charge in [0.2, 0.25) is 11.7 Å². The number of nitrogens with one attached hydrogen (secondary N) is 1. The van der Waals surface area contributed by atoms with Crippen molar-refractivity contribution in [2.75, 3.05) is 19.6 Å². The summed E-state index contributed by atoms with van der Waals surface area (Å²) in [6.07, 6.45) is 2.25. The van der Waals surface area contributed by atoms with Crippen LogP contribution in [0.4, 0.5) is 0 Å². The fraction of sp³-hybridized carbons (Fsp3) is 0.471. The summed E-state index contributed by atoms with van der Waals surface area (Å²) in [5.41, 5.74) is 1.50. The molecular weight excluding hydrogens is 328 g/mol. The topological polar surface area (TPSA) is 71.3 Å². The second kappa shape index (κ2) is 6.91. The first kappa shape index (κ1) is 16.9. The van der Waals surface area contributed by atoms with Crippen molar-refractivity contribution >= 4 is 18.3 Å². The highest BCUT2D eigenvalue weighted by Crippen LogP contribution is 2.39. The van der Waals surface area contributed by atoms with E-state index in [9.17, 15) is 4.79 Å². The first-order valence-electron chi connectivity index (χ1n) is 8.18. The van der Waals surface area contributed by atoms with Crippen molar-refractivity contribution in [3.05, 3.63) is 35.7 Å². The fourth-order valence-electron chi connectivity index (χ4n) is 2.95. The summed E-state index contributed by atoms with van der Waals surface area (Å²) in [5.74, 6) is 1.77. The Morgan fingerprint density at radius 2 is 2.21 bits per heavy atom. The van der Waals surface area contributed by atoms with E-state index in [0.29, 0.717) is 23.2 Å². The van der Waals surface area contributed by atoms with Crippen LogP contribution in [0.1, 0.15) is 41.9 Å². The molecule has 1 saturated heterocycles. The van der Waals surface area contributed by atoms with Crippen LogP contribution in [0.2, 0.25) is 0 Å². The van der Waals surface area contributed by atoms with Crippen molar-refractivity contribution in [2.24, 2.45) is 0 Å². The monoisotopic (exact) mass is 348 g/mol. The number of nitrogens with zero attached hydrogens (tertiary/aromatic N) is 3. The SMILES string of the molecule is C[C@@H]1CNCCN1C(=O)c1cccc(-c2noc(C3CC3)n2)c1.Cl. The number of aromatic nitrogens is 2. The van der Waals surface area contributed by atoms with Crippen LogP contribution in [0.3, 0.4) is 0 Å². The number of hydrogen-bond acceptors (Lipinski definition) is 5. The minimum absolute atomic E-state index is 0. The van der Waals surface area contributed by atoms with Gasteiger partial charge in [-0.2, -0.15) is 4.98 Å². The maximum atomic E-state index is 12.8. The standard InChI is InChI=1S/C17H20N4O2.ClH/c1-11-10-18-7-8-21(11)17(22)14-4-2-3-13(9-14)15-19-16(23-20-15)12-5-6-12;/h2-4,9,11-12,18H,5-8,10H2,1H3;1H/t11-;/m1./s1. The summed E-state index contributed by atoms with van der Waals surface area (Å²) in [6, 6.07) is 7.70. The molecule has 7 heteroatoms. The van der Waals surface area contributed by atoms with E-state index in [1.807, 2.05) is 29.2 Å². The van der Waals surface area contributed by atoms with Gasteiger partial charge in [-0.15, -0.1) is 12.4 Å². The van der Waals surface area contributed by atoms with Gasteiger partial charge in [-0.1, -0.05) is 17.3 Å². The normalized spacial score (nSPS) is 20.5. The second-order valence-electron chi connectivity index (χ2n) is 6.36. The largest absolute Gasteiger partial charge is 0.339 e. The molecule has 128 valence electrons. The lowest BCUT2D eigenvalue weighted by molar-refractivity contribution is 0.0656. The zero-order valence-corrected chi connectivity index (χ0v) is 14.4. The molecule has 4 rings (SSSR count). The highest BCUT2D eigenvalue weighted by molar-refractivity contribution is 5.95. The van der Waals surface area contributed by atoms with Crippen LogP contribution in [-0.4, -0.2) is 46.6 Å². The van der Waals surface area contributed by atoms with Gasteiger partial charge in [-0.25, -0.2) is 0 Å². The molecule has 1 aliphatic carbocycles. The fourth-order valence-corrected chi connectivity index (χ4v) is 2.95. The zero-order valence-electron chi connectivity index (χ0n) is 13.6. The number of amides is 1. The zero-order chi connectivity index (χ0) is 15.8. The third-order valence-corrected chi connectivity index (χ3v) is 4.50. The van der Waals surface area contributed by atoms with Crippen molar-refractivity contribution in [3.8, 4) is 11.4 Å². The van der Waals surface area contributed by atoms with Crippen LogP contribution in [0.15, 0.2) is 28.8 Å². The lowest BCUT2D eigenvalue weighted by atomic mass is 10.1. The predicted octanol–water partition coefficient (Wildman–Crippen LogP) is 2.47. The average Bonchev–Trinajstić information content (AvgIpc) is 3.32. The molecule has 1 atom stereocenters. The third-order valence-electron chi connectivity index (χ3n) is 4.50. The van der Waals surface area contributed by atoms with E-state index in [1.54, 1.807) is 0 Å². The first-order chi connectivity index (χ1) is 11.2. The maximum absolute atomic E-state index is 12.8. The molecule has 2 heterocycles. The van der Waals surface area contributed by atoms with Crippen molar-refractivity contribution in [2.45, 2.75) is 31.7 Å². The highest BCUT2D eigenvalue weighted by atomic mass is 35.5. The first-order valence-corrected chi connectivity index (χ1v) is 8.18. The molecule has 0 radical (unpaired) electrons. The Hall–Kier alpha value is -1.92. The summed E-state index contributed by atoms with van der Waals surface area (Å²) in [6.45, 7) is 4.47. The molecule has 1 aromatic heterocycles. The molecular formula is C17H21ClN4O2. The molecule has 2 aliphatic rings. The number of carbonyl (C=O) groups is 1. The minimum atomic E-state index is 0. The van der Waals surface area contributed by atoms with Gasteiger partial charge in [0.15, 0.2) is 0 Å². The Balaban J connectivity index is 0.00000169. The molecule has 2 fully saturated rings. The summed E-state index contributed by atoms with van der Waals surface area (Å²) in [5, 5.41) is 7.36. The molecule has 1 aliphatic heterocycles. The van der Waals surface area contributed by atoms with E-state index in [0.717, 1.165) is 38.0 Å². The maximum Gasteiger partial charge on any atom is 0.254 e. The van der Waals surface area contributed by atoms with E-state index >= 15 is 0 Å². The summed E-state index contributed by atoms with van der Waals surface area (Å²) in [7, 11) is 0. The van der Waals surface area contributed by atoms with Crippen molar-refractivity contribution in [3.63, 3.8) is 0 Å². The Kier molecular flexibility index (Phi) is 4.87. The van der Waals surface area contributed by atoms with Crippen LogP contribution >= 0.6 is 12.4 Å². The Bertz CT molecular complexity index is 729. The molecule has 0 bridgehead atoms. The molecule has 24 heavy (non-hydrogen) atoms. The van der Waals surface area contributed by atoms with Gasteiger partial charge in [0.25, 0.3) is 5.91 Å². The van der Waals surface area contributed by atoms with E-state index in [-0.39, 0.29) is 24.4 Å². The Morgan fingerprint density at radius 3 is 2.96 bits per heavy atom. The highest BCUT2D eigenvalue weighted by Gasteiger charge is 2.30. The Labute approximate surface area is 147 Å². The Morgan fingerprint density at radius 1 is 1.38 bits per heavy atom. The van der Waals surface area contributed by atoms with Crippen molar-refractivity contribution in [1.29, 1.82) is 0 Å². The van der Waals surface area contributed by atoms with E-state index in [1.165, 1.54) is 0 Å². The van der Waals surface area contributed by atoms with E-state index < -0.39 is 0 Å². The van der Waals surface area contributed by atoms with Crippen LogP contribution in [-0.2, 0) is 0 Å². The number of hydrogen-bond donors (Lipinski definition) is 1. The molecule has 0 spiro atoms. The summed E-state index contributed by atoms with van der Waals surface area (Å²) >= 11 is 0. The van der Waals surface area contributed by atoms with Crippen LogP contribution in [0.5, 0.6) is 0 Å². The predicted molar refractivity (Wildman–Crippen MR) is 92.3 cm³/mol. The molecule has 6 nitrogen and oxygen atoms in total. The smallest absolute Gasteiger partial charge is 0.254 e. The number of benzene rings is 1. The summed E-state index contributed by atoms with van der Waals surface area (Å²) in [4.78, 5) is 19.1. The van der Waals surface area contributed by atoms with E-state index in [2.05, 4.69) is 22.4 Å². The van der Waals surface area contributed by atoms with E-state index in [4.69, 9.17) is 4.52 Å². The van der Waals surface area contributed by atoms with Gasteiger partial charge >= 0.3 is 0 Å². The van der Waals surface area contributed by atoms with Gasteiger partial charge in [-0.05, 0) is 31.9 Å². The minimum Gasteiger partial charge on any atom is -0.339 e. The molecule has 1 aromatic carbocycles. The average molecular weight is 349 g/mol. The molecule has 2 aromatic rings. The molecule has 1 N–H and O–H groups in total. The quantitative estimate of drug-likeness (QED) is 0.922.